The van der Waals surface area contributed by atoms with Crippen molar-refractivity contribution in [2.45, 2.75) is 30.5 Å². The zero-order valence-electron chi connectivity index (χ0n) is 13.9. The summed E-state index contributed by atoms with van der Waals surface area (Å²) in [7, 11) is -10.9. The predicted octanol–water partition coefficient (Wildman–Crippen LogP) is -5.85. The van der Waals surface area contributed by atoms with Crippen LogP contribution in [0.3, 0.4) is 0 Å². The van der Waals surface area contributed by atoms with E-state index in [0.29, 0.717) is 6.08 Å². The summed E-state index contributed by atoms with van der Waals surface area (Å²) in [4.78, 5) is 57.3. The van der Waals surface area contributed by atoms with E-state index < -0.39 is 70.4 Å². The van der Waals surface area contributed by atoms with Gasteiger partial charge in [-0.15, -0.1) is 0 Å². The molecule has 156 valence electrons. The fourth-order valence-electron chi connectivity index (χ4n) is 2.09. The number of alkyl halides is 1. The van der Waals surface area contributed by atoms with Gasteiger partial charge in [0.25, 0.3) is 0 Å². The van der Waals surface area contributed by atoms with Crippen LogP contribution in [0.15, 0.2) is 11.6 Å². The topological polar surface area (TPSA) is 240 Å². The number of aliphatic carboxylic acids is 2. The van der Waals surface area contributed by atoms with Gasteiger partial charge in [0.15, 0.2) is 6.67 Å². The van der Waals surface area contributed by atoms with Crippen molar-refractivity contribution in [3.63, 3.8) is 0 Å². The monoisotopic (exact) mass is 462 g/mol. The van der Waals surface area contributed by atoms with E-state index in [0.717, 1.165) is 0 Å². The molecule has 4 atom stereocenters. The Balaban J connectivity index is 0.00000729. The minimum absolute atomic E-state index is 0. The summed E-state index contributed by atoms with van der Waals surface area (Å²) >= 11 is 0. The van der Waals surface area contributed by atoms with Crippen molar-refractivity contribution >= 4 is 27.6 Å². The maximum atomic E-state index is 13.2. The van der Waals surface area contributed by atoms with Crippen LogP contribution in [0, 0.1) is 0 Å². The van der Waals surface area contributed by atoms with Gasteiger partial charge in [-0.3, -0.25) is 4.52 Å². The Morgan fingerprint density at radius 3 is 2.14 bits per heavy atom. The molecule has 1 aliphatic rings. The third-order valence-electron chi connectivity index (χ3n) is 3.14. The number of aliphatic hydroxyl groups is 1. The molecule has 0 aromatic rings. The zero-order valence-corrected chi connectivity index (χ0v) is 17.7. The van der Waals surface area contributed by atoms with Gasteiger partial charge in [-0.2, -0.15) is 0 Å². The first kappa shape index (κ1) is 27.8. The molecule has 0 heterocycles. The molecule has 0 radical (unpaired) electrons. The van der Waals surface area contributed by atoms with Crippen molar-refractivity contribution in [3.05, 3.63) is 11.6 Å². The van der Waals surface area contributed by atoms with Gasteiger partial charge in [0.1, 0.15) is 12.2 Å². The van der Waals surface area contributed by atoms with Crippen molar-refractivity contribution < 1.29 is 101 Å². The zero-order chi connectivity index (χ0) is 21.2. The normalized spacial score (nSPS) is 25.2. The second-order valence-corrected chi connectivity index (χ2v) is 7.52. The number of carbonyl (C=O) groups is 2. The third-order valence-corrected chi connectivity index (χ3v) is 4.19. The molecule has 0 saturated carbocycles. The van der Waals surface area contributed by atoms with Crippen LogP contribution in [0.2, 0.25) is 0 Å². The number of phosphoric ester groups is 2. The fourth-order valence-corrected chi connectivity index (χ4v) is 3.15. The van der Waals surface area contributed by atoms with Crippen molar-refractivity contribution in [2.24, 2.45) is 0 Å². The van der Waals surface area contributed by atoms with E-state index >= 15 is 0 Å². The van der Waals surface area contributed by atoms with Gasteiger partial charge >= 0.3 is 57.0 Å². The minimum atomic E-state index is -5.65. The standard InChI is InChI=1S/C10H15FO14P2.Na/c11-3-10(9(15)16,25-27(20,21)22)23-5-1-4(8(13)14)2-6(7(5)12)24-26(17,18)19;/h2,5-7,12H,1,3H2,(H,13,14)(H,15,16)(H2,17,18,19)(H2,20,21,22);/q;+1/p-1/t5-,6-,7+,10-;/m1./s1. The average Bonchev–Trinajstić information content (AvgIpc) is 2.47. The number of ether oxygens (including phenoxy) is 1. The van der Waals surface area contributed by atoms with E-state index in [2.05, 4.69) is 13.8 Å². The molecule has 1 rings (SSSR count). The van der Waals surface area contributed by atoms with Crippen LogP contribution in [-0.4, -0.2) is 72.5 Å². The van der Waals surface area contributed by atoms with Gasteiger partial charge in [0.05, 0.1) is 12.1 Å². The molecule has 14 nitrogen and oxygen atoms in total. The maximum Gasteiger partial charge on any atom is 1.00 e. The van der Waals surface area contributed by atoms with E-state index in [1.165, 1.54) is 0 Å². The number of halogens is 1. The molecular formula is C10H14FNaO14P2. The van der Waals surface area contributed by atoms with E-state index in [1.54, 1.807) is 0 Å². The third kappa shape index (κ3) is 7.88. The minimum Gasteiger partial charge on any atom is -0.545 e. The van der Waals surface area contributed by atoms with Gasteiger partial charge < -0.3 is 44.4 Å². The Bertz CT molecular complexity index is 717. The molecule has 0 spiro atoms. The summed E-state index contributed by atoms with van der Waals surface area (Å²) in [6.07, 6.45) is -6.70. The SMILES string of the molecule is O=C([O-])C1=C[C@@H](OP(=O)(O)O)[C@@H](O)[C@H](O[C@](CF)(OP(=O)(O)O)C(=O)O)C1.[Na+]. The average molecular weight is 462 g/mol. The number of rotatable bonds is 9. The number of carboxylic acids is 2. The number of aliphatic hydroxyl groups excluding tert-OH is 1. The van der Waals surface area contributed by atoms with Gasteiger partial charge in [-0.1, -0.05) is 0 Å². The van der Waals surface area contributed by atoms with E-state index in [4.69, 9.17) is 24.7 Å². The molecule has 0 aromatic heterocycles. The quantitative estimate of drug-likeness (QED) is 0.106. The Morgan fingerprint density at radius 2 is 1.79 bits per heavy atom. The van der Waals surface area contributed by atoms with Gasteiger partial charge in [-0.25, -0.2) is 22.8 Å². The maximum absolute atomic E-state index is 13.2. The van der Waals surface area contributed by atoms with Crippen molar-refractivity contribution in [3.8, 4) is 0 Å². The number of phosphoric acid groups is 2. The molecule has 0 amide bonds. The molecule has 0 aromatic carbocycles. The Morgan fingerprint density at radius 1 is 1.25 bits per heavy atom. The molecule has 1 aliphatic carbocycles. The summed E-state index contributed by atoms with van der Waals surface area (Å²) in [6.45, 7) is -2.19. The van der Waals surface area contributed by atoms with Crippen LogP contribution >= 0.6 is 15.6 Å². The van der Waals surface area contributed by atoms with Crippen LogP contribution < -0.4 is 34.7 Å². The van der Waals surface area contributed by atoms with E-state index in [-0.39, 0.29) is 29.6 Å². The number of carboxylic acid groups (broad SMARTS) is 2. The molecule has 0 fully saturated rings. The Kier molecular flexibility index (Phi) is 10.1. The molecule has 0 aliphatic heterocycles. The van der Waals surface area contributed by atoms with Gasteiger partial charge in [-0.05, 0) is 11.6 Å². The molecule has 28 heavy (non-hydrogen) atoms. The predicted molar refractivity (Wildman–Crippen MR) is 75.0 cm³/mol. The Hall–Kier alpha value is -0.250. The molecule has 0 bridgehead atoms. The molecule has 18 heteroatoms. The molecule has 6 N–H and O–H groups in total. The largest absolute Gasteiger partial charge is 1.00 e. The van der Waals surface area contributed by atoms with Crippen molar-refractivity contribution in [1.82, 2.24) is 0 Å². The number of hydrogen-bond acceptors (Lipinski definition) is 9. The van der Waals surface area contributed by atoms with Crippen LogP contribution in [0.5, 0.6) is 0 Å². The number of hydrogen-bond donors (Lipinski definition) is 6. The molecule has 0 saturated heterocycles. The summed E-state index contributed by atoms with van der Waals surface area (Å²) in [5.41, 5.74) is -0.780. The van der Waals surface area contributed by atoms with Crippen LogP contribution in [0.1, 0.15) is 6.42 Å². The van der Waals surface area contributed by atoms with Crippen molar-refractivity contribution in [2.75, 3.05) is 6.67 Å². The van der Waals surface area contributed by atoms with Crippen LogP contribution in [-0.2, 0) is 32.5 Å². The summed E-state index contributed by atoms with van der Waals surface area (Å²) in [5.74, 6) is -7.96. The molecular weight excluding hydrogens is 448 g/mol. The Labute approximate surface area is 177 Å². The van der Waals surface area contributed by atoms with Gasteiger partial charge in [0.2, 0.25) is 0 Å². The second kappa shape index (κ2) is 10.2. The first-order chi connectivity index (χ1) is 12.1. The molecule has 0 unspecified atom stereocenters. The summed E-state index contributed by atoms with van der Waals surface area (Å²) in [6, 6.07) is 0. The van der Waals surface area contributed by atoms with Crippen LogP contribution in [0.4, 0.5) is 4.39 Å². The summed E-state index contributed by atoms with van der Waals surface area (Å²) < 4.78 is 47.6. The fraction of sp³-hybridized carbons (Fsp3) is 0.600. The number of carbonyl (C=O) groups excluding carboxylic acids is 1. The van der Waals surface area contributed by atoms with Gasteiger partial charge in [0, 0.05) is 6.42 Å². The van der Waals surface area contributed by atoms with Crippen molar-refractivity contribution in [1.29, 1.82) is 0 Å². The van der Waals surface area contributed by atoms with Crippen LogP contribution in [0.25, 0.3) is 0 Å². The van der Waals surface area contributed by atoms with E-state index in [9.17, 15) is 33.3 Å². The summed E-state index contributed by atoms with van der Waals surface area (Å²) in [5, 5.41) is 30.0. The first-order valence-electron chi connectivity index (χ1n) is 6.68. The second-order valence-electron chi connectivity index (χ2n) is 5.16. The smallest absolute Gasteiger partial charge is 0.545 e. The first-order valence-corrected chi connectivity index (χ1v) is 9.74. The van der Waals surface area contributed by atoms with E-state index in [1.807, 2.05) is 0 Å².